The van der Waals surface area contributed by atoms with Crippen LogP contribution < -0.4 is 11.1 Å². The molecule has 0 saturated carbocycles. The molecular weight excluding hydrogens is 176 g/mol. The summed E-state index contributed by atoms with van der Waals surface area (Å²) in [7, 11) is 0. The molecule has 0 unspecified atom stereocenters. The average molecular weight is 200 g/mol. The number of hydrogen-bond donors (Lipinski definition) is 2. The first-order valence-corrected chi connectivity index (χ1v) is 5.63. The van der Waals surface area contributed by atoms with Crippen molar-refractivity contribution in [3.05, 3.63) is 0 Å². The molecule has 3 heteroatoms. The van der Waals surface area contributed by atoms with Crippen LogP contribution in [0.2, 0.25) is 0 Å². The van der Waals surface area contributed by atoms with E-state index < -0.39 is 6.03 Å². The van der Waals surface area contributed by atoms with Crippen LogP contribution in [0, 0.1) is 5.92 Å². The Labute approximate surface area is 87.4 Å². The van der Waals surface area contributed by atoms with Crippen molar-refractivity contribution in [3.63, 3.8) is 0 Å². The van der Waals surface area contributed by atoms with E-state index >= 15 is 0 Å². The summed E-state index contributed by atoms with van der Waals surface area (Å²) in [5, 5.41) is 2.93. The average Bonchev–Trinajstić information content (AvgIpc) is 2.17. The van der Waals surface area contributed by atoms with Crippen molar-refractivity contribution in [2.45, 2.75) is 58.9 Å². The largest absolute Gasteiger partial charge is 0.352 e. The lowest BCUT2D eigenvalue weighted by molar-refractivity contribution is 0.178. The van der Waals surface area contributed by atoms with Crippen molar-refractivity contribution in [3.8, 4) is 0 Å². The molecule has 0 aromatic rings. The number of nitrogens with two attached hydrogens (primary N) is 1. The highest BCUT2D eigenvalue weighted by atomic mass is 16.2. The zero-order valence-corrected chi connectivity index (χ0v) is 9.89. The summed E-state index contributed by atoms with van der Waals surface area (Å²) in [6.07, 6.45) is 4.05. The molecule has 0 aliphatic heterocycles. The first-order chi connectivity index (χ1) is 6.56. The maximum absolute atomic E-state index is 11.0. The van der Waals surface area contributed by atoms with Crippen molar-refractivity contribution in [2.24, 2.45) is 11.7 Å². The zero-order chi connectivity index (χ0) is 11.2. The Balaban J connectivity index is 4.73. The highest BCUT2D eigenvalue weighted by Crippen LogP contribution is 2.30. The quantitative estimate of drug-likeness (QED) is 0.680. The second-order valence-corrected chi connectivity index (χ2v) is 3.87. The summed E-state index contributed by atoms with van der Waals surface area (Å²) in [6.45, 7) is 8.54. The fourth-order valence-electron chi connectivity index (χ4n) is 2.42. The predicted molar refractivity (Wildman–Crippen MR) is 60.1 cm³/mol. The van der Waals surface area contributed by atoms with Crippen LogP contribution in [0.3, 0.4) is 0 Å². The number of nitrogens with one attached hydrogen (secondary N) is 1. The van der Waals surface area contributed by atoms with Gasteiger partial charge in [-0.2, -0.15) is 0 Å². The first kappa shape index (κ1) is 13.3. The van der Waals surface area contributed by atoms with Crippen LogP contribution in [-0.4, -0.2) is 11.6 Å². The molecule has 0 radical (unpaired) electrons. The third-order valence-corrected chi connectivity index (χ3v) is 3.40. The molecule has 0 bridgehead atoms. The van der Waals surface area contributed by atoms with E-state index in [1.807, 2.05) is 0 Å². The Hall–Kier alpha value is -0.730. The molecule has 14 heavy (non-hydrogen) atoms. The number of rotatable bonds is 6. The van der Waals surface area contributed by atoms with Crippen molar-refractivity contribution < 1.29 is 4.79 Å². The van der Waals surface area contributed by atoms with E-state index in [4.69, 9.17) is 5.73 Å². The predicted octanol–water partition coefficient (Wildman–Crippen LogP) is 2.65. The normalized spacial score (nSPS) is 11.8. The lowest BCUT2D eigenvalue weighted by atomic mass is 9.76. The molecule has 0 aromatic heterocycles. The van der Waals surface area contributed by atoms with E-state index in [9.17, 15) is 4.79 Å². The third kappa shape index (κ3) is 2.89. The van der Waals surface area contributed by atoms with E-state index in [1.54, 1.807) is 0 Å². The van der Waals surface area contributed by atoms with Crippen molar-refractivity contribution in [2.75, 3.05) is 0 Å². The molecule has 0 aromatic carbocycles. The van der Waals surface area contributed by atoms with Crippen LogP contribution >= 0.6 is 0 Å². The van der Waals surface area contributed by atoms with Crippen LogP contribution in [0.4, 0.5) is 4.79 Å². The zero-order valence-electron chi connectivity index (χ0n) is 9.89. The van der Waals surface area contributed by atoms with Gasteiger partial charge >= 0.3 is 6.03 Å². The van der Waals surface area contributed by atoms with Gasteiger partial charge in [0.2, 0.25) is 0 Å². The number of carbonyl (C=O) groups is 1. The second kappa shape index (κ2) is 5.89. The third-order valence-electron chi connectivity index (χ3n) is 3.40. The van der Waals surface area contributed by atoms with E-state index in [-0.39, 0.29) is 5.54 Å². The minimum absolute atomic E-state index is 0.102. The topological polar surface area (TPSA) is 55.1 Å². The molecule has 0 spiro atoms. The highest BCUT2D eigenvalue weighted by molar-refractivity contribution is 5.72. The molecular formula is C11H24N2O. The standard InChI is InChI=1S/C11H24N2O/c1-5-9(6-2)11(7-3,8-4)13-10(12)14/h9H,5-8H2,1-4H3,(H3,12,13,14). The van der Waals surface area contributed by atoms with Gasteiger partial charge in [0, 0.05) is 5.54 Å². The highest BCUT2D eigenvalue weighted by Gasteiger charge is 2.34. The molecule has 0 heterocycles. The summed E-state index contributed by atoms with van der Waals surface area (Å²) in [5.74, 6) is 0.519. The van der Waals surface area contributed by atoms with Gasteiger partial charge in [-0.1, -0.05) is 40.5 Å². The molecule has 0 saturated heterocycles. The lowest BCUT2D eigenvalue weighted by Crippen LogP contribution is -2.54. The Kier molecular flexibility index (Phi) is 5.58. The summed E-state index contributed by atoms with van der Waals surface area (Å²) in [6, 6.07) is -0.402. The number of amides is 2. The van der Waals surface area contributed by atoms with Gasteiger partial charge in [-0.05, 0) is 18.8 Å². The maximum atomic E-state index is 11.0. The van der Waals surface area contributed by atoms with Crippen LogP contribution in [-0.2, 0) is 0 Å². The van der Waals surface area contributed by atoms with E-state index in [0.29, 0.717) is 5.92 Å². The summed E-state index contributed by atoms with van der Waals surface area (Å²) < 4.78 is 0. The molecule has 2 amide bonds. The van der Waals surface area contributed by atoms with Crippen molar-refractivity contribution >= 4 is 6.03 Å². The Morgan fingerprint density at radius 3 is 1.86 bits per heavy atom. The fourth-order valence-corrected chi connectivity index (χ4v) is 2.42. The molecule has 0 rings (SSSR count). The first-order valence-electron chi connectivity index (χ1n) is 5.63. The number of hydrogen-bond acceptors (Lipinski definition) is 1. The van der Waals surface area contributed by atoms with Crippen LogP contribution in [0.25, 0.3) is 0 Å². The van der Waals surface area contributed by atoms with Gasteiger partial charge in [-0.3, -0.25) is 0 Å². The molecule has 0 atom stereocenters. The van der Waals surface area contributed by atoms with Gasteiger partial charge in [0.1, 0.15) is 0 Å². The summed E-state index contributed by atoms with van der Waals surface area (Å²) in [5.41, 5.74) is 5.12. The minimum Gasteiger partial charge on any atom is -0.352 e. The lowest BCUT2D eigenvalue weighted by Gasteiger charge is -2.39. The number of urea groups is 1. The monoisotopic (exact) mass is 200 g/mol. The SMILES string of the molecule is CCC(CC)C(CC)(CC)NC(N)=O. The van der Waals surface area contributed by atoms with Crippen molar-refractivity contribution in [1.82, 2.24) is 5.32 Å². The number of primary amides is 1. The van der Waals surface area contributed by atoms with Gasteiger partial charge < -0.3 is 11.1 Å². The van der Waals surface area contributed by atoms with Gasteiger partial charge in [-0.15, -0.1) is 0 Å². The van der Waals surface area contributed by atoms with Gasteiger partial charge in [0.15, 0.2) is 0 Å². The molecule has 0 aliphatic rings. The van der Waals surface area contributed by atoms with Crippen LogP contribution in [0.15, 0.2) is 0 Å². The van der Waals surface area contributed by atoms with Gasteiger partial charge in [0.25, 0.3) is 0 Å². The Morgan fingerprint density at radius 2 is 1.64 bits per heavy atom. The summed E-state index contributed by atoms with van der Waals surface area (Å²) in [4.78, 5) is 11.0. The van der Waals surface area contributed by atoms with Crippen LogP contribution in [0.1, 0.15) is 53.4 Å². The van der Waals surface area contributed by atoms with Gasteiger partial charge in [0.05, 0.1) is 0 Å². The van der Waals surface area contributed by atoms with Crippen LogP contribution in [0.5, 0.6) is 0 Å². The smallest absolute Gasteiger partial charge is 0.312 e. The Bertz CT molecular complexity index is 172. The fraction of sp³-hybridized carbons (Fsp3) is 0.909. The van der Waals surface area contributed by atoms with Crippen molar-refractivity contribution in [1.29, 1.82) is 0 Å². The minimum atomic E-state index is -0.402. The van der Waals surface area contributed by atoms with E-state index in [2.05, 4.69) is 33.0 Å². The number of carbonyl (C=O) groups excluding carboxylic acids is 1. The summed E-state index contributed by atoms with van der Waals surface area (Å²) >= 11 is 0. The molecule has 3 nitrogen and oxygen atoms in total. The van der Waals surface area contributed by atoms with E-state index in [0.717, 1.165) is 25.7 Å². The Morgan fingerprint density at radius 1 is 1.21 bits per heavy atom. The second-order valence-electron chi connectivity index (χ2n) is 3.87. The van der Waals surface area contributed by atoms with E-state index in [1.165, 1.54) is 0 Å². The molecule has 0 fully saturated rings. The molecule has 84 valence electrons. The molecule has 3 N–H and O–H groups in total. The maximum Gasteiger partial charge on any atom is 0.312 e. The molecule has 0 aliphatic carbocycles. The van der Waals surface area contributed by atoms with Gasteiger partial charge in [-0.25, -0.2) is 4.79 Å².